The molecule has 0 aromatic heterocycles. The molecule has 37 heavy (non-hydrogen) atoms. The number of nitrogens with one attached hydrogen (secondary N) is 1. The van der Waals surface area contributed by atoms with Crippen molar-refractivity contribution in [2.24, 2.45) is 0 Å². The molecule has 1 atom stereocenters. The molecule has 0 heterocycles. The molecule has 0 aliphatic heterocycles. The minimum atomic E-state index is -1.02. The Bertz CT molecular complexity index is 1370. The van der Waals surface area contributed by atoms with Crippen molar-refractivity contribution >= 4 is 42.5 Å². The van der Waals surface area contributed by atoms with Crippen LogP contribution in [0.3, 0.4) is 0 Å². The van der Waals surface area contributed by atoms with Crippen LogP contribution in [0.2, 0.25) is 0 Å². The van der Waals surface area contributed by atoms with Crippen LogP contribution in [0, 0.1) is 6.92 Å². The third kappa shape index (κ3) is 6.75. The van der Waals surface area contributed by atoms with Gasteiger partial charge in [-0.15, -0.1) is 0 Å². The molecule has 4 aromatic rings. The van der Waals surface area contributed by atoms with E-state index >= 15 is 0 Å². The second-order valence-electron chi connectivity index (χ2n) is 8.63. The Morgan fingerprint density at radius 3 is 2.00 bits per heavy atom. The summed E-state index contributed by atoms with van der Waals surface area (Å²) in [4.78, 5) is 25.2. The third-order valence-electron chi connectivity index (χ3n) is 6.24. The van der Waals surface area contributed by atoms with Gasteiger partial charge in [0, 0.05) is 5.56 Å². The normalized spacial score (nSPS) is 11.3. The summed E-state index contributed by atoms with van der Waals surface area (Å²) in [6.07, 6.45) is 2.29. The van der Waals surface area contributed by atoms with Crippen molar-refractivity contribution in [3.05, 3.63) is 108 Å². The first kappa shape index (κ1) is 28.3. The predicted molar refractivity (Wildman–Crippen MR) is 157 cm³/mol. The van der Waals surface area contributed by atoms with Gasteiger partial charge in [-0.1, -0.05) is 84.9 Å². The zero-order valence-corrected chi connectivity index (χ0v) is 21.2. The standard InChI is InChI=1S/C31H29NO3S.Li.H/c1-21-10-6-7-13-24(21)28-20-23(26-15-9-8-14-25(26)22-11-4-3-5-12-22)16-17-27(28)30(33)32-29(31(34)35)18-19-36-2;;/h3-17,20,29H,18-19H2,1-2H3,(H,32,33)(H,34,35);;. The minimum absolute atomic E-state index is 0. The summed E-state index contributed by atoms with van der Waals surface area (Å²) in [6.45, 7) is 2.01. The number of benzene rings is 4. The fourth-order valence-electron chi connectivity index (χ4n) is 4.34. The molecule has 4 rings (SSSR count). The summed E-state index contributed by atoms with van der Waals surface area (Å²) in [6, 6.07) is 31.2. The van der Waals surface area contributed by atoms with Crippen LogP contribution >= 0.6 is 11.8 Å². The molecule has 1 amide bonds. The maximum atomic E-state index is 13.4. The fraction of sp³-hybridized carbons (Fsp3) is 0.161. The van der Waals surface area contributed by atoms with Crippen LogP contribution in [0.1, 0.15) is 22.3 Å². The average Bonchev–Trinajstić information content (AvgIpc) is 2.91. The van der Waals surface area contributed by atoms with Crippen LogP contribution in [0.4, 0.5) is 0 Å². The van der Waals surface area contributed by atoms with Gasteiger partial charge in [0.15, 0.2) is 0 Å². The van der Waals surface area contributed by atoms with Crippen LogP contribution in [-0.2, 0) is 4.79 Å². The Balaban J connectivity index is 0.00000380. The second-order valence-corrected chi connectivity index (χ2v) is 9.62. The van der Waals surface area contributed by atoms with Crippen LogP contribution in [-0.4, -0.2) is 53.9 Å². The van der Waals surface area contributed by atoms with Gasteiger partial charge in [-0.2, -0.15) is 11.8 Å². The molecule has 0 radical (unpaired) electrons. The van der Waals surface area contributed by atoms with Crippen molar-refractivity contribution in [1.29, 1.82) is 0 Å². The number of rotatable bonds is 9. The van der Waals surface area contributed by atoms with Crippen molar-refractivity contribution in [2.45, 2.75) is 19.4 Å². The zero-order valence-electron chi connectivity index (χ0n) is 20.4. The van der Waals surface area contributed by atoms with Gasteiger partial charge in [0.2, 0.25) is 0 Å². The molecular formula is C31H30LiNO3S. The zero-order chi connectivity index (χ0) is 25.5. The average molecular weight is 504 g/mol. The number of carboxylic acids is 1. The number of hydrogen-bond donors (Lipinski definition) is 2. The molecule has 4 nitrogen and oxygen atoms in total. The van der Waals surface area contributed by atoms with Gasteiger partial charge in [0.1, 0.15) is 6.04 Å². The first-order valence-electron chi connectivity index (χ1n) is 11.9. The second kappa shape index (κ2) is 13.4. The summed E-state index contributed by atoms with van der Waals surface area (Å²) >= 11 is 1.56. The van der Waals surface area contributed by atoms with E-state index in [0.717, 1.165) is 38.9 Å². The molecule has 4 aromatic carbocycles. The van der Waals surface area contributed by atoms with E-state index in [1.807, 2.05) is 86.0 Å². The van der Waals surface area contributed by atoms with Gasteiger partial charge in [-0.25, -0.2) is 4.79 Å². The molecule has 0 aliphatic carbocycles. The van der Waals surface area contributed by atoms with E-state index < -0.39 is 12.0 Å². The van der Waals surface area contributed by atoms with E-state index in [4.69, 9.17) is 0 Å². The van der Waals surface area contributed by atoms with Crippen LogP contribution < -0.4 is 5.32 Å². The van der Waals surface area contributed by atoms with Gasteiger partial charge in [0.25, 0.3) is 5.91 Å². The van der Waals surface area contributed by atoms with Gasteiger partial charge >= 0.3 is 24.8 Å². The Labute approximate surface area is 234 Å². The number of carbonyl (C=O) groups excluding carboxylic acids is 1. The first-order chi connectivity index (χ1) is 17.5. The molecule has 184 valence electrons. The SMILES string of the molecule is CSCCC(NC(=O)c1ccc(-c2ccccc2-c2ccccc2)cc1-c1ccccc1C)C(=O)O.[LiH]. The van der Waals surface area contributed by atoms with Gasteiger partial charge < -0.3 is 10.4 Å². The monoisotopic (exact) mass is 503 g/mol. The van der Waals surface area contributed by atoms with Crippen LogP contribution in [0.25, 0.3) is 33.4 Å². The fourth-order valence-corrected chi connectivity index (χ4v) is 4.81. The molecule has 0 spiro atoms. The summed E-state index contributed by atoms with van der Waals surface area (Å²) in [5, 5.41) is 12.4. The Morgan fingerprint density at radius 2 is 1.38 bits per heavy atom. The summed E-state index contributed by atoms with van der Waals surface area (Å²) in [5.41, 5.74) is 7.49. The summed E-state index contributed by atoms with van der Waals surface area (Å²) in [5.74, 6) is -0.759. The molecular weight excluding hydrogens is 473 g/mol. The molecule has 0 saturated carbocycles. The van der Waals surface area contributed by atoms with E-state index in [1.165, 1.54) is 0 Å². The Hall–Kier alpha value is -3.23. The summed E-state index contributed by atoms with van der Waals surface area (Å²) in [7, 11) is 0. The van der Waals surface area contributed by atoms with Crippen LogP contribution in [0.5, 0.6) is 0 Å². The van der Waals surface area contributed by atoms with Crippen molar-refractivity contribution in [3.63, 3.8) is 0 Å². The van der Waals surface area contributed by atoms with E-state index in [0.29, 0.717) is 17.7 Å². The molecule has 1 unspecified atom stereocenters. The van der Waals surface area contributed by atoms with Gasteiger partial charge in [-0.05, 0) is 76.4 Å². The van der Waals surface area contributed by atoms with E-state index in [2.05, 4.69) is 29.6 Å². The molecule has 6 heteroatoms. The first-order valence-corrected chi connectivity index (χ1v) is 13.3. The van der Waals surface area contributed by atoms with E-state index in [9.17, 15) is 14.7 Å². The van der Waals surface area contributed by atoms with Crippen molar-refractivity contribution in [1.82, 2.24) is 5.32 Å². The number of hydrogen-bond acceptors (Lipinski definition) is 3. The number of thioether (sulfide) groups is 1. The number of carbonyl (C=O) groups is 2. The number of carboxylic acid groups (broad SMARTS) is 1. The maximum absolute atomic E-state index is 13.4. The Kier molecular flexibility index (Phi) is 10.2. The van der Waals surface area contributed by atoms with E-state index in [1.54, 1.807) is 11.8 Å². The number of aliphatic carboxylic acids is 1. The predicted octanol–water partition coefficient (Wildman–Crippen LogP) is 6.28. The molecule has 0 fully saturated rings. The molecule has 2 N–H and O–H groups in total. The van der Waals surface area contributed by atoms with Crippen LogP contribution in [0.15, 0.2) is 97.1 Å². The van der Waals surface area contributed by atoms with Gasteiger partial charge in [0.05, 0.1) is 0 Å². The van der Waals surface area contributed by atoms with Crippen molar-refractivity contribution < 1.29 is 14.7 Å². The topological polar surface area (TPSA) is 66.4 Å². The number of aryl methyl sites for hydroxylation is 1. The third-order valence-corrected chi connectivity index (χ3v) is 6.88. The summed E-state index contributed by atoms with van der Waals surface area (Å²) < 4.78 is 0. The van der Waals surface area contributed by atoms with Crippen molar-refractivity contribution in [2.75, 3.05) is 12.0 Å². The Morgan fingerprint density at radius 1 is 0.784 bits per heavy atom. The molecule has 0 saturated heterocycles. The van der Waals surface area contributed by atoms with E-state index in [-0.39, 0.29) is 24.8 Å². The number of amides is 1. The van der Waals surface area contributed by atoms with Crippen molar-refractivity contribution in [3.8, 4) is 33.4 Å². The molecule has 0 aliphatic rings. The molecule has 0 bridgehead atoms. The van der Waals surface area contributed by atoms with Gasteiger partial charge in [-0.3, -0.25) is 4.79 Å². The quantitative estimate of drug-likeness (QED) is 0.264.